The lowest BCUT2D eigenvalue weighted by Gasteiger charge is -2.31. The fraction of sp³-hybridized carbons (Fsp3) is 0.440. The van der Waals surface area contributed by atoms with Crippen LogP contribution in [0.3, 0.4) is 0 Å². The molecular formula is C25H30Cl2N2O2. The van der Waals surface area contributed by atoms with E-state index in [9.17, 15) is 9.59 Å². The minimum atomic E-state index is -0.572. The van der Waals surface area contributed by atoms with Crippen LogP contribution in [0, 0.1) is 6.92 Å². The number of benzene rings is 2. The first-order chi connectivity index (χ1) is 14.8. The Hall–Kier alpha value is -2.04. The first kappa shape index (κ1) is 23.6. The van der Waals surface area contributed by atoms with Crippen LogP contribution in [0.2, 0.25) is 10.0 Å². The zero-order valence-corrected chi connectivity index (χ0v) is 19.7. The molecule has 1 fully saturated rings. The van der Waals surface area contributed by atoms with Crippen molar-refractivity contribution in [2.24, 2.45) is 0 Å². The third kappa shape index (κ3) is 6.47. The van der Waals surface area contributed by atoms with Gasteiger partial charge in [0.2, 0.25) is 11.8 Å². The second-order valence-corrected chi connectivity index (χ2v) is 9.21. The van der Waals surface area contributed by atoms with E-state index in [0.29, 0.717) is 16.6 Å². The van der Waals surface area contributed by atoms with E-state index in [1.165, 1.54) is 6.42 Å². The van der Waals surface area contributed by atoms with Gasteiger partial charge in [0.05, 0.1) is 16.5 Å². The zero-order valence-electron chi connectivity index (χ0n) is 18.2. The Labute approximate surface area is 194 Å². The van der Waals surface area contributed by atoms with Crippen molar-refractivity contribution >= 4 is 35.0 Å². The summed E-state index contributed by atoms with van der Waals surface area (Å²) in [5.74, 6) is -0.212. The van der Waals surface area contributed by atoms with Gasteiger partial charge < -0.3 is 10.2 Å². The maximum Gasteiger partial charge on any atom is 0.242 e. The molecule has 1 aliphatic carbocycles. The number of halogens is 2. The van der Waals surface area contributed by atoms with Crippen LogP contribution < -0.4 is 5.32 Å². The number of rotatable bonds is 7. The average molecular weight is 461 g/mol. The lowest BCUT2D eigenvalue weighted by molar-refractivity contribution is -0.140. The Morgan fingerprint density at radius 2 is 1.77 bits per heavy atom. The smallest absolute Gasteiger partial charge is 0.242 e. The molecule has 0 unspecified atom stereocenters. The van der Waals surface area contributed by atoms with Crippen LogP contribution in [0.5, 0.6) is 0 Å². The third-order valence-electron chi connectivity index (χ3n) is 6.06. The molecule has 2 amide bonds. The molecule has 31 heavy (non-hydrogen) atoms. The van der Waals surface area contributed by atoms with Crippen LogP contribution in [0.15, 0.2) is 42.5 Å². The second kappa shape index (κ2) is 11.0. The van der Waals surface area contributed by atoms with Gasteiger partial charge in [-0.2, -0.15) is 0 Å². The first-order valence-corrected chi connectivity index (χ1v) is 11.7. The topological polar surface area (TPSA) is 49.4 Å². The number of aryl methyl sites for hydroxylation is 1. The minimum Gasteiger partial charge on any atom is -0.352 e. The molecule has 0 aliphatic heterocycles. The molecule has 0 bridgehead atoms. The van der Waals surface area contributed by atoms with E-state index >= 15 is 0 Å². The summed E-state index contributed by atoms with van der Waals surface area (Å²) in [4.78, 5) is 28.0. The molecule has 1 atom stereocenters. The number of hydrogen-bond donors (Lipinski definition) is 1. The van der Waals surface area contributed by atoms with Crippen molar-refractivity contribution in [3.63, 3.8) is 0 Å². The van der Waals surface area contributed by atoms with Gasteiger partial charge in [-0.25, -0.2) is 0 Å². The highest BCUT2D eigenvalue weighted by Crippen LogP contribution is 2.24. The minimum absolute atomic E-state index is 0.0945. The number of nitrogens with one attached hydrogen (secondary N) is 1. The zero-order chi connectivity index (χ0) is 22.4. The maximum atomic E-state index is 13.3. The van der Waals surface area contributed by atoms with Crippen molar-refractivity contribution in [2.75, 3.05) is 0 Å². The highest BCUT2D eigenvalue weighted by molar-refractivity contribution is 6.42. The predicted molar refractivity (Wildman–Crippen MR) is 126 cm³/mol. The highest BCUT2D eigenvalue weighted by atomic mass is 35.5. The van der Waals surface area contributed by atoms with Crippen molar-refractivity contribution in [2.45, 2.75) is 71.0 Å². The van der Waals surface area contributed by atoms with E-state index in [4.69, 9.17) is 23.2 Å². The van der Waals surface area contributed by atoms with Gasteiger partial charge in [-0.1, -0.05) is 72.8 Å². The van der Waals surface area contributed by atoms with E-state index in [-0.39, 0.29) is 24.3 Å². The van der Waals surface area contributed by atoms with E-state index in [2.05, 4.69) is 5.32 Å². The second-order valence-electron chi connectivity index (χ2n) is 8.39. The van der Waals surface area contributed by atoms with Gasteiger partial charge in [0.1, 0.15) is 6.04 Å². The molecule has 0 radical (unpaired) electrons. The third-order valence-corrected chi connectivity index (χ3v) is 6.80. The predicted octanol–water partition coefficient (Wildman–Crippen LogP) is 5.71. The van der Waals surface area contributed by atoms with Crippen molar-refractivity contribution in [3.05, 3.63) is 69.2 Å². The molecular weight excluding hydrogens is 431 g/mol. The monoisotopic (exact) mass is 460 g/mol. The van der Waals surface area contributed by atoms with Gasteiger partial charge in [0.25, 0.3) is 0 Å². The van der Waals surface area contributed by atoms with Crippen molar-refractivity contribution in [1.29, 1.82) is 0 Å². The summed E-state index contributed by atoms with van der Waals surface area (Å²) in [5.41, 5.74) is 2.89. The normalized spacial score (nSPS) is 15.4. The van der Waals surface area contributed by atoms with Crippen LogP contribution in [0.4, 0.5) is 0 Å². The lowest BCUT2D eigenvalue weighted by atomic mass is 9.95. The molecule has 0 aromatic heterocycles. The largest absolute Gasteiger partial charge is 0.352 e. The van der Waals surface area contributed by atoms with Crippen molar-refractivity contribution < 1.29 is 9.59 Å². The number of amides is 2. The number of hydrogen-bond acceptors (Lipinski definition) is 2. The Morgan fingerprint density at radius 3 is 2.45 bits per heavy atom. The van der Waals surface area contributed by atoms with E-state index in [1.54, 1.807) is 23.1 Å². The SMILES string of the molecule is Cc1ccccc1CN(C(=O)Cc1ccc(Cl)c(Cl)c1)[C@@H](C)C(=O)NC1CCCCC1. The Bertz CT molecular complexity index is 925. The summed E-state index contributed by atoms with van der Waals surface area (Å²) in [6.45, 7) is 4.21. The van der Waals surface area contributed by atoms with Crippen LogP contribution >= 0.6 is 23.2 Å². The summed E-state index contributed by atoms with van der Waals surface area (Å²) in [6, 6.07) is 12.8. The van der Waals surface area contributed by atoms with Crippen molar-refractivity contribution in [1.82, 2.24) is 10.2 Å². The van der Waals surface area contributed by atoms with E-state index < -0.39 is 6.04 Å². The molecule has 0 heterocycles. The van der Waals surface area contributed by atoms with Crippen LogP contribution in [-0.2, 0) is 22.6 Å². The van der Waals surface area contributed by atoms with Crippen LogP contribution in [-0.4, -0.2) is 28.8 Å². The van der Waals surface area contributed by atoms with Gasteiger partial charge in [0.15, 0.2) is 0 Å². The summed E-state index contributed by atoms with van der Waals surface area (Å²) in [5, 5.41) is 4.03. The maximum absolute atomic E-state index is 13.3. The molecule has 4 nitrogen and oxygen atoms in total. The van der Waals surface area contributed by atoms with E-state index in [1.807, 2.05) is 38.1 Å². The van der Waals surface area contributed by atoms with Gasteiger partial charge in [-0.15, -0.1) is 0 Å². The first-order valence-electron chi connectivity index (χ1n) is 10.9. The Morgan fingerprint density at radius 1 is 1.06 bits per heavy atom. The fourth-order valence-electron chi connectivity index (χ4n) is 4.05. The number of nitrogens with zero attached hydrogens (tertiary/aromatic N) is 1. The summed E-state index contributed by atoms with van der Waals surface area (Å²) in [7, 11) is 0. The average Bonchev–Trinajstić information content (AvgIpc) is 2.76. The highest BCUT2D eigenvalue weighted by Gasteiger charge is 2.28. The molecule has 3 rings (SSSR count). The van der Waals surface area contributed by atoms with E-state index in [0.717, 1.165) is 42.4 Å². The fourth-order valence-corrected chi connectivity index (χ4v) is 4.37. The summed E-state index contributed by atoms with van der Waals surface area (Å²) >= 11 is 12.1. The molecule has 2 aromatic carbocycles. The quantitative estimate of drug-likeness (QED) is 0.574. The molecule has 1 saturated carbocycles. The lowest BCUT2D eigenvalue weighted by Crippen LogP contribution is -2.50. The van der Waals surface area contributed by atoms with Gasteiger partial charge in [0, 0.05) is 12.6 Å². The Balaban J connectivity index is 1.78. The van der Waals surface area contributed by atoms with Gasteiger partial charge in [-0.3, -0.25) is 9.59 Å². The standard InChI is InChI=1S/C25H30Cl2N2O2/c1-17-8-6-7-9-20(17)16-29(18(2)25(31)28-21-10-4-3-5-11-21)24(30)15-19-12-13-22(26)23(27)14-19/h6-9,12-14,18,21H,3-5,10-11,15-16H2,1-2H3,(H,28,31)/t18-/m0/s1. The summed E-state index contributed by atoms with van der Waals surface area (Å²) in [6.07, 6.45) is 5.68. The van der Waals surface area contributed by atoms with Gasteiger partial charge in [-0.05, 0) is 55.5 Å². The molecule has 0 spiro atoms. The molecule has 2 aromatic rings. The molecule has 166 valence electrons. The number of carbonyl (C=O) groups is 2. The molecule has 1 N–H and O–H groups in total. The molecule has 0 saturated heterocycles. The van der Waals surface area contributed by atoms with Crippen molar-refractivity contribution in [3.8, 4) is 0 Å². The summed E-state index contributed by atoms with van der Waals surface area (Å²) < 4.78 is 0. The Kier molecular flexibility index (Phi) is 8.39. The number of carbonyl (C=O) groups excluding carboxylic acids is 2. The van der Waals surface area contributed by atoms with Crippen LogP contribution in [0.25, 0.3) is 0 Å². The molecule has 1 aliphatic rings. The van der Waals surface area contributed by atoms with Gasteiger partial charge >= 0.3 is 0 Å². The molecule has 6 heteroatoms. The van der Waals surface area contributed by atoms with Crippen LogP contribution in [0.1, 0.15) is 55.7 Å².